The number of hydrogen-bond donors (Lipinski definition) is 1. The van der Waals surface area contributed by atoms with Gasteiger partial charge in [-0.2, -0.15) is 0 Å². The third-order valence-corrected chi connectivity index (χ3v) is 4.89. The van der Waals surface area contributed by atoms with E-state index in [-0.39, 0.29) is 11.1 Å². The SMILES string of the molecule is COC(=O)c1cc(C(=O)OC)cc(-c2ccc(CNC3CCCCC3)o2)c1. The first-order chi connectivity index (χ1) is 13.1. The molecule has 0 bridgehead atoms. The van der Waals surface area contributed by atoms with E-state index in [1.807, 2.05) is 12.1 Å². The molecule has 27 heavy (non-hydrogen) atoms. The fraction of sp³-hybridized carbons (Fsp3) is 0.429. The number of benzene rings is 1. The lowest BCUT2D eigenvalue weighted by atomic mass is 9.95. The van der Waals surface area contributed by atoms with Crippen molar-refractivity contribution in [3.8, 4) is 11.3 Å². The maximum Gasteiger partial charge on any atom is 0.337 e. The van der Waals surface area contributed by atoms with Gasteiger partial charge in [0.1, 0.15) is 11.5 Å². The average molecular weight is 371 g/mol. The molecule has 1 aromatic carbocycles. The maximum atomic E-state index is 11.9. The van der Waals surface area contributed by atoms with Crippen LogP contribution in [0.3, 0.4) is 0 Å². The van der Waals surface area contributed by atoms with E-state index in [1.54, 1.807) is 12.1 Å². The molecule has 1 heterocycles. The van der Waals surface area contributed by atoms with Gasteiger partial charge >= 0.3 is 11.9 Å². The highest BCUT2D eigenvalue weighted by molar-refractivity contribution is 5.97. The summed E-state index contributed by atoms with van der Waals surface area (Å²) in [5.74, 6) is 0.366. The molecule has 1 fully saturated rings. The van der Waals surface area contributed by atoms with E-state index in [0.29, 0.717) is 23.9 Å². The molecule has 6 nitrogen and oxygen atoms in total. The Labute approximate surface area is 158 Å². The third kappa shape index (κ3) is 4.77. The van der Waals surface area contributed by atoms with Gasteiger partial charge in [0.2, 0.25) is 0 Å². The van der Waals surface area contributed by atoms with Crippen molar-refractivity contribution in [1.29, 1.82) is 0 Å². The largest absolute Gasteiger partial charge is 0.465 e. The lowest BCUT2D eigenvalue weighted by molar-refractivity contribution is 0.0599. The quantitative estimate of drug-likeness (QED) is 0.775. The summed E-state index contributed by atoms with van der Waals surface area (Å²) in [7, 11) is 2.60. The van der Waals surface area contributed by atoms with Gasteiger partial charge in [-0.05, 0) is 43.2 Å². The highest BCUT2D eigenvalue weighted by Crippen LogP contribution is 2.26. The van der Waals surface area contributed by atoms with Gasteiger partial charge in [0.15, 0.2) is 0 Å². The van der Waals surface area contributed by atoms with Crippen molar-refractivity contribution in [2.45, 2.75) is 44.7 Å². The zero-order chi connectivity index (χ0) is 19.2. The van der Waals surface area contributed by atoms with Crippen LogP contribution in [0.1, 0.15) is 58.6 Å². The molecule has 1 aromatic heterocycles. The van der Waals surface area contributed by atoms with E-state index in [1.165, 1.54) is 52.4 Å². The van der Waals surface area contributed by atoms with Crippen LogP contribution in [0, 0.1) is 0 Å². The zero-order valence-corrected chi connectivity index (χ0v) is 15.7. The minimum Gasteiger partial charge on any atom is -0.465 e. The second-order valence-electron chi connectivity index (χ2n) is 6.76. The van der Waals surface area contributed by atoms with Gasteiger partial charge < -0.3 is 19.2 Å². The predicted molar refractivity (Wildman–Crippen MR) is 101 cm³/mol. The van der Waals surface area contributed by atoms with Crippen LogP contribution in [0.5, 0.6) is 0 Å². The summed E-state index contributed by atoms with van der Waals surface area (Å²) in [6.07, 6.45) is 6.28. The molecule has 1 aliphatic carbocycles. The number of nitrogens with one attached hydrogen (secondary N) is 1. The van der Waals surface area contributed by atoms with Crippen molar-refractivity contribution >= 4 is 11.9 Å². The first-order valence-corrected chi connectivity index (χ1v) is 9.25. The Morgan fingerprint density at radius 2 is 1.63 bits per heavy atom. The number of esters is 2. The molecule has 0 aliphatic heterocycles. The molecule has 1 aliphatic rings. The smallest absolute Gasteiger partial charge is 0.337 e. The number of rotatable bonds is 6. The number of methoxy groups -OCH3 is 2. The predicted octanol–water partition coefficient (Wildman–Crippen LogP) is 3.94. The Kier molecular flexibility index (Phi) is 6.29. The molecule has 1 N–H and O–H groups in total. The summed E-state index contributed by atoms with van der Waals surface area (Å²) < 4.78 is 15.5. The topological polar surface area (TPSA) is 77.8 Å². The van der Waals surface area contributed by atoms with E-state index in [9.17, 15) is 9.59 Å². The van der Waals surface area contributed by atoms with E-state index in [0.717, 1.165) is 5.76 Å². The first-order valence-electron chi connectivity index (χ1n) is 9.25. The fourth-order valence-electron chi connectivity index (χ4n) is 3.42. The highest BCUT2D eigenvalue weighted by Gasteiger charge is 2.17. The Hall–Kier alpha value is -2.60. The lowest BCUT2D eigenvalue weighted by Crippen LogP contribution is -2.30. The monoisotopic (exact) mass is 371 g/mol. The molecule has 0 spiro atoms. The van der Waals surface area contributed by atoms with Crippen molar-refractivity contribution in [1.82, 2.24) is 5.32 Å². The highest BCUT2D eigenvalue weighted by atomic mass is 16.5. The number of carbonyl (C=O) groups excluding carboxylic acids is 2. The van der Waals surface area contributed by atoms with Gasteiger partial charge in [-0.25, -0.2) is 9.59 Å². The molecule has 0 amide bonds. The molecule has 0 saturated heterocycles. The molecular formula is C21H25NO5. The summed E-state index contributed by atoms with van der Waals surface area (Å²) in [5.41, 5.74) is 1.17. The summed E-state index contributed by atoms with van der Waals surface area (Å²) >= 11 is 0. The van der Waals surface area contributed by atoms with Crippen molar-refractivity contribution in [3.63, 3.8) is 0 Å². The fourth-order valence-corrected chi connectivity index (χ4v) is 3.42. The van der Waals surface area contributed by atoms with Crippen LogP contribution >= 0.6 is 0 Å². The van der Waals surface area contributed by atoms with Gasteiger partial charge in [0.25, 0.3) is 0 Å². The molecule has 3 rings (SSSR count). The normalized spacial score (nSPS) is 14.7. The molecule has 6 heteroatoms. The van der Waals surface area contributed by atoms with E-state index in [2.05, 4.69) is 5.32 Å². The molecular weight excluding hydrogens is 346 g/mol. The summed E-state index contributed by atoms with van der Waals surface area (Å²) in [4.78, 5) is 23.9. The van der Waals surface area contributed by atoms with Crippen LogP contribution in [0.15, 0.2) is 34.7 Å². The van der Waals surface area contributed by atoms with Crippen molar-refractivity contribution < 1.29 is 23.5 Å². The van der Waals surface area contributed by atoms with Crippen LogP contribution in [0.2, 0.25) is 0 Å². The van der Waals surface area contributed by atoms with Crippen molar-refractivity contribution in [2.24, 2.45) is 0 Å². The van der Waals surface area contributed by atoms with Gasteiger partial charge in [-0.1, -0.05) is 19.3 Å². The molecule has 1 saturated carbocycles. The molecule has 0 radical (unpaired) electrons. The van der Waals surface area contributed by atoms with Gasteiger partial charge in [-0.15, -0.1) is 0 Å². The third-order valence-electron chi connectivity index (χ3n) is 4.89. The maximum absolute atomic E-state index is 11.9. The van der Waals surface area contributed by atoms with E-state index < -0.39 is 11.9 Å². The summed E-state index contributed by atoms with van der Waals surface area (Å²) in [6, 6.07) is 9.05. The lowest BCUT2D eigenvalue weighted by Gasteiger charge is -2.22. The summed E-state index contributed by atoms with van der Waals surface area (Å²) in [6.45, 7) is 0.658. The number of hydrogen-bond acceptors (Lipinski definition) is 6. The minimum absolute atomic E-state index is 0.272. The van der Waals surface area contributed by atoms with Gasteiger partial charge in [-0.3, -0.25) is 0 Å². The standard InChI is InChI=1S/C21H25NO5/c1-25-20(23)15-10-14(11-16(12-15)21(24)26-2)19-9-8-18(27-19)13-22-17-6-4-3-5-7-17/h8-12,17,22H,3-7,13H2,1-2H3. The Bertz CT molecular complexity index is 770. The Morgan fingerprint density at radius 1 is 1.00 bits per heavy atom. The molecule has 0 atom stereocenters. The Morgan fingerprint density at radius 3 is 2.22 bits per heavy atom. The molecule has 2 aromatic rings. The number of furan rings is 1. The number of ether oxygens (including phenoxy) is 2. The van der Waals surface area contributed by atoms with Crippen LogP contribution < -0.4 is 5.32 Å². The van der Waals surface area contributed by atoms with Crippen molar-refractivity contribution in [2.75, 3.05) is 14.2 Å². The zero-order valence-electron chi connectivity index (χ0n) is 15.7. The van der Waals surface area contributed by atoms with E-state index >= 15 is 0 Å². The molecule has 144 valence electrons. The van der Waals surface area contributed by atoms with Crippen LogP contribution in [-0.4, -0.2) is 32.2 Å². The van der Waals surface area contributed by atoms with Crippen molar-refractivity contribution in [3.05, 3.63) is 47.2 Å². The van der Waals surface area contributed by atoms with Gasteiger partial charge in [0.05, 0.1) is 31.9 Å². The minimum atomic E-state index is -0.521. The van der Waals surface area contributed by atoms with Crippen LogP contribution in [-0.2, 0) is 16.0 Å². The Balaban J connectivity index is 1.79. The van der Waals surface area contributed by atoms with E-state index in [4.69, 9.17) is 13.9 Å². The van der Waals surface area contributed by atoms with Gasteiger partial charge in [0, 0.05) is 11.6 Å². The molecule has 0 unspecified atom stereocenters. The first kappa shape index (κ1) is 19.2. The second-order valence-corrected chi connectivity index (χ2v) is 6.76. The average Bonchev–Trinajstić information content (AvgIpc) is 3.20. The van der Waals surface area contributed by atoms with Crippen LogP contribution in [0.25, 0.3) is 11.3 Å². The van der Waals surface area contributed by atoms with Crippen LogP contribution in [0.4, 0.5) is 0 Å². The number of carbonyl (C=O) groups is 2. The summed E-state index contributed by atoms with van der Waals surface area (Å²) in [5, 5.41) is 3.54. The second kappa shape index (κ2) is 8.86.